The first kappa shape index (κ1) is 18.4. The highest BCUT2D eigenvalue weighted by Gasteiger charge is 2.29. The molecule has 0 spiro atoms. The second-order valence-electron chi connectivity index (χ2n) is 6.41. The molecule has 3 aromatic rings. The van der Waals surface area contributed by atoms with E-state index in [1.54, 1.807) is 26.4 Å². The number of Topliss-reactive ketones (excluding diaryl/α,β-unsaturated/α-hetero) is 1. The van der Waals surface area contributed by atoms with Crippen molar-refractivity contribution in [1.82, 2.24) is 14.9 Å². The normalized spacial score (nSPS) is 15.9. The van der Waals surface area contributed by atoms with Crippen molar-refractivity contribution >= 4 is 17.5 Å². The maximum absolute atomic E-state index is 12.8. The minimum atomic E-state index is -0.223. The molecule has 2 aromatic carbocycles. The van der Waals surface area contributed by atoms with Gasteiger partial charge < -0.3 is 15.3 Å². The minimum absolute atomic E-state index is 0.113. The number of rotatable bonds is 5. The number of carbonyl (C=O) groups is 1. The fourth-order valence-corrected chi connectivity index (χ4v) is 4.35. The lowest BCUT2D eigenvalue weighted by Crippen LogP contribution is -2.25. The Morgan fingerprint density at radius 2 is 1.89 bits per heavy atom. The Balaban J connectivity index is 1.59. The number of aryl methyl sites for hydroxylation is 1. The van der Waals surface area contributed by atoms with Crippen molar-refractivity contribution in [2.24, 2.45) is 0 Å². The number of aromatic nitrogens is 3. The largest absolute Gasteiger partial charge is 0.493 e. The first-order valence-corrected chi connectivity index (χ1v) is 9.72. The zero-order valence-corrected chi connectivity index (χ0v) is 16.4. The van der Waals surface area contributed by atoms with Crippen LogP contribution in [-0.2, 0) is 6.42 Å². The van der Waals surface area contributed by atoms with Crippen molar-refractivity contribution in [3.63, 3.8) is 0 Å². The number of hydrogen-bond acceptors (Lipinski definition) is 7. The molecule has 0 bridgehead atoms. The van der Waals surface area contributed by atoms with Gasteiger partial charge in [-0.25, -0.2) is 4.68 Å². The predicted molar refractivity (Wildman–Crippen MR) is 107 cm³/mol. The summed E-state index contributed by atoms with van der Waals surface area (Å²) in [7, 11) is 3.15. The SMILES string of the molecule is COc1ccc(-c2nnc(SC3CCc4ccccc4C3=O)n2N)cc1OC. The third-order valence-electron chi connectivity index (χ3n) is 4.81. The van der Waals surface area contributed by atoms with Crippen LogP contribution in [-0.4, -0.2) is 40.1 Å². The number of methoxy groups -OCH3 is 2. The van der Waals surface area contributed by atoms with E-state index in [2.05, 4.69) is 10.2 Å². The van der Waals surface area contributed by atoms with Gasteiger partial charge in [0, 0.05) is 11.1 Å². The van der Waals surface area contributed by atoms with Crippen LogP contribution >= 0.6 is 11.8 Å². The molecule has 8 heteroatoms. The molecule has 1 unspecified atom stereocenters. The van der Waals surface area contributed by atoms with E-state index in [4.69, 9.17) is 15.3 Å². The van der Waals surface area contributed by atoms with Crippen molar-refractivity contribution < 1.29 is 14.3 Å². The summed E-state index contributed by atoms with van der Waals surface area (Å²) >= 11 is 1.35. The van der Waals surface area contributed by atoms with Gasteiger partial charge in [-0.15, -0.1) is 10.2 Å². The van der Waals surface area contributed by atoms with Gasteiger partial charge >= 0.3 is 0 Å². The third-order valence-corrected chi connectivity index (χ3v) is 6.03. The van der Waals surface area contributed by atoms with E-state index >= 15 is 0 Å². The number of hydrogen-bond donors (Lipinski definition) is 1. The number of nitrogens with two attached hydrogens (primary N) is 1. The molecule has 4 rings (SSSR count). The lowest BCUT2D eigenvalue weighted by Gasteiger charge is -2.22. The summed E-state index contributed by atoms with van der Waals surface area (Å²) in [5.74, 6) is 8.05. The molecule has 0 saturated carbocycles. The first-order chi connectivity index (χ1) is 13.6. The van der Waals surface area contributed by atoms with Crippen molar-refractivity contribution in [2.75, 3.05) is 20.1 Å². The highest BCUT2D eigenvalue weighted by Crippen LogP contribution is 2.35. The van der Waals surface area contributed by atoms with E-state index in [0.29, 0.717) is 22.5 Å². The Labute approximate surface area is 166 Å². The summed E-state index contributed by atoms with van der Waals surface area (Å²) < 4.78 is 12.0. The summed E-state index contributed by atoms with van der Waals surface area (Å²) in [5, 5.41) is 8.69. The third kappa shape index (κ3) is 3.20. The Morgan fingerprint density at radius 1 is 1.11 bits per heavy atom. The van der Waals surface area contributed by atoms with Gasteiger partial charge in [-0.2, -0.15) is 0 Å². The molecule has 0 radical (unpaired) electrons. The van der Waals surface area contributed by atoms with E-state index in [9.17, 15) is 4.79 Å². The topological polar surface area (TPSA) is 92.3 Å². The van der Waals surface area contributed by atoms with Gasteiger partial charge in [-0.3, -0.25) is 4.79 Å². The van der Waals surface area contributed by atoms with Crippen LogP contribution in [0.25, 0.3) is 11.4 Å². The molecule has 2 N–H and O–H groups in total. The van der Waals surface area contributed by atoms with Crippen LogP contribution in [0.5, 0.6) is 11.5 Å². The smallest absolute Gasteiger partial charge is 0.210 e. The van der Waals surface area contributed by atoms with Crippen molar-refractivity contribution in [3.8, 4) is 22.9 Å². The van der Waals surface area contributed by atoms with E-state index in [1.165, 1.54) is 16.4 Å². The first-order valence-electron chi connectivity index (χ1n) is 8.84. The number of fused-ring (bicyclic) bond motifs is 1. The van der Waals surface area contributed by atoms with Gasteiger partial charge in [0.25, 0.3) is 0 Å². The van der Waals surface area contributed by atoms with Gasteiger partial charge in [0.15, 0.2) is 23.1 Å². The maximum Gasteiger partial charge on any atom is 0.210 e. The Bertz CT molecular complexity index is 1030. The van der Waals surface area contributed by atoms with Gasteiger partial charge in [-0.1, -0.05) is 36.0 Å². The lowest BCUT2D eigenvalue weighted by molar-refractivity contribution is 0.0979. The fourth-order valence-electron chi connectivity index (χ4n) is 3.34. The summed E-state index contributed by atoms with van der Waals surface area (Å²) in [6.07, 6.45) is 1.61. The Hall–Kier alpha value is -3.00. The van der Waals surface area contributed by atoms with Crippen LogP contribution in [0, 0.1) is 0 Å². The molecule has 1 atom stereocenters. The molecule has 0 aliphatic heterocycles. The molecular weight excluding hydrogens is 376 g/mol. The number of nitrogen functional groups attached to an aromatic ring is 1. The van der Waals surface area contributed by atoms with Gasteiger partial charge in [-0.05, 0) is 36.6 Å². The second-order valence-corrected chi connectivity index (χ2v) is 7.58. The molecule has 1 aliphatic carbocycles. The Kier molecular flexibility index (Phi) is 4.95. The highest BCUT2D eigenvalue weighted by molar-refractivity contribution is 8.00. The van der Waals surface area contributed by atoms with Crippen molar-refractivity contribution in [3.05, 3.63) is 53.6 Å². The summed E-state index contributed by atoms with van der Waals surface area (Å²) in [6, 6.07) is 13.2. The quantitative estimate of drug-likeness (QED) is 0.663. The molecule has 1 heterocycles. The van der Waals surface area contributed by atoms with Gasteiger partial charge in [0.05, 0.1) is 19.5 Å². The average molecular weight is 396 g/mol. The number of thioether (sulfide) groups is 1. The molecule has 1 aliphatic rings. The summed E-state index contributed by atoms with van der Waals surface area (Å²) in [5.41, 5.74) is 2.64. The molecule has 1 aromatic heterocycles. The zero-order chi connectivity index (χ0) is 19.7. The summed E-state index contributed by atoms with van der Waals surface area (Å²) in [6.45, 7) is 0. The van der Waals surface area contributed by atoms with E-state index < -0.39 is 0 Å². The van der Waals surface area contributed by atoms with Crippen LogP contribution < -0.4 is 15.3 Å². The molecule has 0 amide bonds. The average Bonchev–Trinajstić information content (AvgIpc) is 3.10. The van der Waals surface area contributed by atoms with Gasteiger partial charge in [0.2, 0.25) is 5.16 Å². The monoisotopic (exact) mass is 396 g/mol. The minimum Gasteiger partial charge on any atom is -0.493 e. The molecule has 0 fully saturated rings. The second kappa shape index (κ2) is 7.55. The van der Waals surface area contributed by atoms with Crippen LogP contribution in [0.15, 0.2) is 47.6 Å². The molecule has 0 saturated heterocycles. The van der Waals surface area contributed by atoms with Crippen LogP contribution in [0.3, 0.4) is 0 Å². The van der Waals surface area contributed by atoms with Crippen LogP contribution in [0.4, 0.5) is 0 Å². The zero-order valence-electron chi connectivity index (χ0n) is 15.6. The number of carbonyl (C=O) groups excluding carboxylic acids is 1. The number of nitrogens with zero attached hydrogens (tertiary/aromatic N) is 3. The molecule has 144 valence electrons. The fraction of sp³-hybridized carbons (Fsp3) is 0.250. The lowest BCUT2D eigenvalue weighted by atomic mass is 9.90. The van der Waals surface area contributed by atoms with Crippen molar-refractivity contribution in [2.45, 2.75) is 23.2 Å². The number of benzene rings is 2. The van der Waals surface area contributed by atoms with E-state index in [1.807, 2.05) is 30.3 Å². The molecule has 7 nitrogen and oxygen atoms in total. The van der Waals surface area contributed by atoms with E-state index in [0.717, 1.165) is 29.5 Å². The van der Waals surface area contributed by atoms with Gasteiger partial charge in [0.1, 0.15) is 0 Å². The standard InChI is InChI=1S/C20H20N4O3S/c1-26-15-9-7-13(11-16(15)27-2)19-22-23-20(24(19)21)28-17-10-8-12-5-3-4-6-14(12)18(17)25/h3-7,9,11,17H,8,10,21H2,1-2H3. The highest BCUT2D eigenvalue weighted by atomic mass is 32.2. The summed E-state index contributed by atoms with van der Waals surface area (Å²) in [4.78, 5) is 12.8. The van der Waals surface area contributed by atoms with Crippen molar-refractivity contribution in [1.29, 1.82) is 0 Å². The molecular formula is C20H20N4O3S. The molecule has 28 heavy (non-hydrogen) atoms. The number of ether oxygens (including phenoxy) is 2. The van der Waals surface area contributed by atoms with Crippen LogP contribution in [0.2, 0.25) is 0 Å². The predicted octanol–water partition coefficient (Wildman–Crippen LogP) is 2.97. The van der Waals surface area contributed by atoms with Crippen LogP contribution in [0.1, 0.15) is 22.3 Å². The Morgan fingerprint density at radius 3 is 2.68 bits per heavy atom. The van der Waals surface area contributed by atoms with E-state index in [-0.39, 0.29) is 11.0 Å². The maximum atomic E-state index is 12.8. The number of ketones is 1.